The Bertz CT molecular complexity index is 1340. The molecule has 5 heteroatoms. The maximum atomic E-state index is 9.45. The number of aliphatic hydroxyl groups is 1. The highest BCUT2D eigenvalue weighted by atomic mass is 16.3. The molecule has 0 bridgehead atoms. The van der Waals surface area contributed by atoms with Crippen LogP contribution in [0.15, 0.2) is 73.2 Å². The van der Waals surface area contributed by atoms with Crippen molar-refractivity contribution in [3.63, 3.8) is 0 Å². The van der Waals surface area contributed by atoms with Crippen molar-refractivity contribution in [2.24, 2.45) is 0 Å². The maximum absolute atomic E-state index is 9.45. The first-order chi connectivity index (χ1) is 14.7. The number of nitrogens with one attached hydrogen (secondary N) is 2. The lowest BCUT2D eigenvalue weighted by molar-refractivity contribution is -0.00286. The second-order valence-corrected chi connectivity index (χ2v) is 8.15. The van der Waals surface area contributed by atoms with E-state index in [-0.39, 0.29) is 6.10 Å². The molecule has 2 aromatic carbocycles. The molecule has 1 fully saturated rings. The predicted molar refractivity (Wildman–Crippen MR) is 120 cm³/mol. The first-order valence-electron chi connectivity index (χ1n) is 10.3. The van der Waals surface area contributed by atoms with E-state index in [9.17, 15) is 5.11 Å². The Balaban J connectivity index is 1.33. The van der Waals surface area contributed by atoms with Crippen LogP contribution in [0.25, 0.3) is 44.2 Å². The summed E-state index contributed by atoms with van der Waals surface area (Å²) in [5.74, 6) is 0. The van der Waals surface area contributed by atoms with Crippen molar-refractivity contribution in [3.05, 3.63) is 78.8 Å². The molecule has 3 aromatic heterocycles. The zero-order valence-electron chi connectivity index (χ0n) is 16.5. The van der Waals surface area contributed by atoms with Crippen molar-refractivity contribution >= 4 is 21.9 Å². The lowest BCUT2D eigenvalue weighted by Crippen LogP contribution is -2.49. The summed E-state index contributed by atoms with van der Waals surface area (Å²) in [5, 5.41) is 11.8. The number of aromatic nitrogens is 3. The van der Waals surface area contributed by atoms with Gasteiger partial charge in [-0.1, -0.05) is 30.3 Å². The summed E-state index contributed by atoms with van der Waals surface area (Å²) in [6.45, 7) is 2.43. The number of aliphatic hydroxyl groups excluding tert-OH is 1. The van der Waals surface area contributed by atoms with Crippen LogP contribution in [0.3, 0.4) is 0 Å². The molecule has 1 aliphatic heterocycles. The highest BCUT2D eigenvalue weighted by Gasteiger charge is 2.23. The van der Waals surface area contributed by atoms with Gasteiger partial charge in [-0.15, -0.1) is 0 Å². The quantitative estimate of drug-likeness (QED) is 0.419. The largest absolute Gasteiger partial charge is 0.390 e. The van der Waals surface area contributed by atoms with E-state index in [1.165, 1.54) is 16.5 Å². The topological polar surface area (TPSA) is 67.9 Å². The minimum Gasteiger partial charge on any atom is -0.390 e. The minimum atomic E-state index is -0.157. The molecule has 0 aliphatic carbocycles. The lowest BCUT2D eigenvalue weighted by Gasteiger charge is -2.35. The van der Waals surface area contributed by atoms with Gasteiger partial charge >= 0.3 is 0 Å². The van der Waals surface area contributed by atoms with Crippen LogP contribution in [-0.4, -0.2) is 44.2 Å². The molecule has 1 aliphatic rings. The second-order valence-electron chi connectivity index (χ2n) is 8.15. The van der Waals surface area contributed by atoms with Crippen LogP contribution in [0.4, 0.5) is 0 Å². The standard InChI is InChI=1S/C25H22N4O/c30-21-14-29(15-21)13-16-1-3-17(4-2-16)20-10-22-23(12-28-25(22)27-11-20)18-5-6-24-19(9-18)7-8-26-24/h1-12,21,26,30H,13-15H2,(H,27,28). The number of nitrogens with zero attached hydrogens (tertiary/aromatic N) is 2. The summed E-state index contributed by atoms with van der Waals surface area (Å²) >= 11 is 0. The van der Waals surface area contributed by atoms with Crippen molar-refractivity contribution < 1.29 is 5.11 Å². The van der Waals surface area contributed by atoms with Gasteiger partial charge in [0.25, 0.3) is 0 Å². The maximum Gasteiger partial charge on any atom is 0.137 e. The summed E-state index contributed by atoms with van der Waals surface area (Å²) in [7, 11) is 0. The molecule has 0 spiro atoms. The fourth-order valence-corrected chi connectivity index (χ4v) is 4.35. The summed E-state index contributed by atoms with van der Waals surface area (Å²) in [5.41, 5.74) is 7.92. The zero-order chi connectivity index (χ0) is 20.1. The number of H-pyrrole nitrogens is 2. The van der Waals surface area contributed by atoms with Crippen LogP contribution in [0, 0.1) is 0 Å². The second kappa shape index (κ2) is 6.83. The molecule has 0 unspecified atom stereocenters. The predicted octanol–water partition coefficient (Wildman–Crippen LogP) is 4.55. The molecular formula is C25H22N4O. The zero-order valence-corrected chi connectivity index (χ0v) is 16.5. The molecule has 1 saturated heterocycles. The van der Waals surface area contributed by atoms with E-state index in [0.29, 0.717) is 0 Å². The Morgan fingerprint density at radius 3 is 2.60 bits per heavy atom. The number of hydrogen-bond acceptors (Lipinski definition) is 3. The monoisotopic (exact) mass is 394 g/mol. The summed E-state index contributed by atoms with van der Waals surface area (Å²) in [6, 6.07) is 19.5. The Hall–Kier alpha value is -3.41. The molecule has 3 N–H and O–H groups in total. The third kappa shape index (κ3) is 3.00. The molecule has 148 valence electrons. The molecular weight excluding hydrogens is 372 g/mol. The highest BCUT2D eigenvalue weighted by molar-refractivity contribution is 5.98. The van der Waals surface area contributed by atoms with Crippen LogP contribution in [0.2, 0.25) is 0 Å². The summed E-state index contributed by atoms with van der Waals surface area (Å²) in [4.78, 5) is 13.5. The molecule has 0 radical (unpaired) electrons. The number of β-amino-alcohol motifs (C(OH)–C–C–N with tert-alkyl or cyclic N) is 1. The van der Waals surface area contributed by atoms with Gasteiger partial charge in [0.05, 0.1) is 6.10 Å². The van der Waals surface area contributed by atoms with Gasteiger partial charge in [0.1, 0.15) is 5.65 Å². The van der Waals surface area contributed by atoms with Crippen LogP contribution in [0.5, 0.6) is 0 Å². The number of benzene rings is 2. The average Bonchev–Trinajstić information content (AvgIpc) is 3.39. The van der Waals surface area contributed by atoms with Gasteiger partial charge in [0.15, 0.2) is 0 Å². The number of pyridine rings is 1. The van der Waals surface area contributed by atoms with Crippen molar-refractivity contribution in [3.8, 4) is 22.3 Å². The molecule has 0 amide bonds. The summed E-state index contributed by atoms with van der Waals surface area (Å²) in [6.07, 6.45) is 5.78. The Kier molecular flexibility index (Phi) is 3.97. The average molecular weight is 394 g/mol. The third-order valence-corrected chi connectivity index (χ3v) is 6.03. The van der Waals surface area contributed by atoms with Gasteiger partial charge in [-0.2, -0.15) is 0 Å². The van der Waals surface area contributed by atoms with Crippen molar-refractivity contribution in [2.75, 3.05) is 13.1 Å². The van der Waals surface area contributed by atoms with Gasteiger partial charge in [-0.25, -0.2) is 4.98 Å². The van der Waals surface area contributed by atoms with Gasteiger partial charge in [-0.05, 0) is 46.3 Å². The number of aromatic amines is 2. The van der Waals surface area contributed by atoms with Gasteiger partial charge in [0, 0.05) is 60.3 Å². The molecule has 4 heterocycles. The van der Waals surface area contributed by atoms with E-state index in [2.05, 4.69) is 74.4 Å². The van der Waals surface area contributed by atoms with E-state index in [0.717, 1.165) is 52.9 Å². The molecule has 30 heavy (non-hydrogen) atoms. The van der Waals surface area contributed by atoms with Crippen LogP contribution >= 0.6 is 0 Å². The normalized spacial score (nSPS) is 15.1. The highest BCUT2D eigenvalue weighted by Crippen LogP contribution is 2.32. The van der Waals surface area contributed by atoms with E-state index < -0.39 is 0 Å². The molecule has 0 saturated carbocycles. The van der Waals surface area contributed by atoms with Crippen LogP contribution in [-0.2, 0) is 6.54 Å². The van der Waals surface area contributed by atoms with Crippen molar-refractivity contribution in [1.82, 2.24) is 19.9 Å². The van der Waals surface area contributed by atoms with Crippen molar-refractivity contribution in [1.29, 1.82) is 0 Å². The molecule has 6 rings (SSSR count). The minimum absolute atomic E-state index is 0.157. The third-order valence-electron chi connectivity index (χ3n) is 6.03. The first-order valence-corrected chi connectivity index (χ1v) is 10.3. The lowest BCUT2D eigenvalue weighted by atomic mass is 10.0. The van der Waals surface area contributed by atoms with Crippen LogP contribution < -0.4 is 0 Å². The summed E-state index contributed by atoms with van der Waals surface area (Å²) < 4.78 is 0. The Morgan fingerprint density at radius 1 is 0.933 bits per heavy atom. The molecule has 0 atom stereocenters. The van der Waals surface area contributed by atoms with Crippen molar-refractivity contribution in [2.45, 2.75) is 12.6 Å². The van der Waals surface area contributed by atoms with E-state index >= 15 is 0 Å². The smallest absolute Gasteiger partial charge is 0.137 e. The number of fused-ring (bicyclic) bond motifs is 2. The fourth-order valence-electron chi connectivity index (χ4n) is 4.35. The van der Waals surface area contributed by atoms with Gasteiger partial charge in [0.2, 0.25) is 0 Å². The Labute approximate surface area is 174 Å². The van der Waals surface area contributed by atoms with Gasteiger partial charge < -0.3 is 15.1 Å². The fraction of sp³-hybridized carbons (Fsp3) is 0.160. The molecule has 5 aromatic rings. The molecule has 5 nitrogen and oxygen atoms in total. The first kappa shape index (κ1) is 17.4. The number of rotatable bonds is 4. The SMILES string of the molecule is OC1CN(Cc2ccc(-c3cnc4[nH]cc(-c5ccc6[nH]ccc6c5)c4c3)cc2)C1. The van der Waals surface area contributed by atoms with Gasteiger partial charge in [-0.3, -0.25) is 4.90 Å². The van der Waals surface area contributed by atoms with Crippen LogP contribution in [0.1, 0.15) is 5.56 Å². The van der Waals surface area contributed by atoms with E-state index in [1.54, 1.807) is 0 Å². The van der Waals surface area contributed by atoms with E-state index in [4.69, 9.17) is 0 Å². The number of likely N-dealkylation sites (tertiary alicyclic amines) is 1. The van der Waals surface area contributed by atoms with E-state index in [1.807, 2.05) is 18.6 Å². The number of hydrogen-bond donors (Lipinski definition) is 3. The Morgan fingerprint density at radius 2 is 1.77 bits per heavy atom.